The van der Waals surface area contributed by atoms with Gasteiger partial charge < -0.3 is 15.3 Å². The van der Waals surface area contributed by atoms with Crippen LogP contribution in [0.3, 0.4) is 0 Å². The zero-order chi connectivity index (χ0) is 15.5. The molecule has 1 saturated heterocycles. The Labute approximate surface area is 132 Å². The SMILES string of the molecule is O=C(Nc1ccccc1C(=O)N1CC[C@@H](O)C1)c1cccs1. The summed E-state index contributed by atoms with van der Waals surface area (Å²) < 4.78 is 0. The molecule has 2 amide bonds. The minimum atomic E-state index is -0.461. The number of rotatable bonds is 3. The summed E-state index contributed by atoms with van der Waals surface area (Å²) in [4.78, 5) is 26.9. The number of amides is 2. The fourth-order valence-corrected chi connectivity index (χ4v) is 3.09. The zero-order valence-electron chi connectivity index (χ0n) is 11.9. The number of carbonyl (C=O) groups excluding carboxylic acids is 2. The van der Waals surface area contributed by atoms with Crippen molar-refractivity contribution in [3.05, 3.63) is 52.2 Å². The van der Waals surface area contributed by atoms with Gasteiger partial charge >= 0.3 is 0 Å². The number of hydrogen-bond acceptors (Lipinski definition) is 4. The highest BCUT2D eigenvalue weighted by Gasteiger charge is 2.27. The summed E-state index contributed by atoms with van der Waals surface area (Å²) in [5, 5.41) is 14.2. The molecule has 1 aromatic carbocycles. The van der Waals surface area contributed by atoms with Crippen LogP contribution in [0.1, 0.15) is 26.5 Å². The number of anilines is 1. The van der Waals surface area contributed by atoms with Crippen molar-refractivity contribution in [3.63, 3.8) is 0 Å². The molecule has 6 heteroatoms. The van der Waals surface area contributed by atoms with Crippen molar-refractivity contribution >= 4 is 28.8 Å². The number of aliphatic hydroxyl groups is 1. The molecule has 1 fully saturated rings. The molecule has 3 rings (SSSR count). The molecule has 1 aliphatic rings. The van der Waals surface area contributed by atoms with E-state index in [1.54, 1.807) is 35.2 Å². The molecule has 2 heterocycles. The molecule has 0 aliphatic carbocycles. The normalized spacial score (nSPS) is 17.5. The van der Waals surface area contributed by atoms with Gasteiger partial charge in [0.15, 0.2) is 0 Å². The molecular weight excluding hydrogens is 300 g/mol. The Hall–Kier alpha value is -2.18. The van der Waals surface area contributed by atoms with E-state index >= 15 is 0 Å². The van der Waals surface area contributed by atoms with Crippen LogP contribution in [0, 0.1) is 0 Å². The van der Waals surface area contributed by atoms with Gasteiger partial charge in [-0.15, -0.1) is 11.3 Å². The second-order valence-electron chi connectivity index (χ2n) is 5.17. The van der Waals surface area contributed by atoms with Gasteiger partial charge in [-0.2, -0.15) is 0 Å². The third kappa shape index (κ3) is 3.03. The van der Waals surface area contributed by atoms with Gasteiger partial charge in [-0.05, 0) is 30.0 Å². The Morgan fingerprint density at radius 3 is 2.73 bits per heavy atom. The monoisotopic (exact) mass is 316 g/mol. The van der Waals surface area contributed by atoms with Crippen LogP contribution in [0.5, 0.6) is 0 Å². The Morgan fingerprint density at radius 1 is 1.23 bits per heavy atom. The number of β-amino-alcohol motifs (C(OH)–C–C–N with tert-alkyl or cyclic N) is 1. The van der Waals surface area contributed by atoms with Crippen molar-refractivity contribution in [1.82, 2.24) is 4.90 Å². The van der Waals surface area contributed by atoms with E-state index in [1.165, 1.54) is 11.3 Å². The van der Waals surface area contributed by atoms with E-state index in [1.807, 2.05) is 11.4 Å². The number of aliphatic hydroxyl groups excluding tert-OH is 1. The van der Waals surface area contributed by atoms with Crippen molar-refractivity contribution in [2.45, 2.75) is 12.5 Å². The maximum Gasteiger partial charge on any atom is 0.265 e. The van der Waals surface area contributed by atoms with E-state index in [4.69, 9.17) is 0 Å². The fraction of sp³-hybridized carbons (Fsp3) is 0.250. The lowest BCUT2D eigenvalue weighted by Gasteiger charge is -2.18. The van der Waals surface area contributed by atoms with Gasteiger partial charge in [0.05, 0.1) is 22.2 Å². The smallest absolute Gasteiger partial charge is 0.265 e. The zero-order valence-corrected chi connectivity index (χ0v) is 12.7. The molecule has 1 aromatic heterocycles. The lowest BCUT2D eigenvalue weighted by molar-refractivity contribution is 0.0766. The van der Waals surface area contributed by atoms with Crippen LogP contribution < -0.4 is 5.32 Å². The molecule has 0 saturated carbocycles. The number of nitrogens with zero attached hydrogens (tertiary/aromatic N) is 1. The summed E-state index contributed by atoms with van der Waals surface area (Å²) >= 11 is 1.35. The summed E-state index contributed by atoms with van der Waals surface area (Å²) in [7, 11) is 0. The number of benzene rings is 1. The third-order valence-electron chi connectivity index (χ3n) is 3.60. The predicted octanol–water partition coefficient (Wildman–Crippen LogP) is 2.21. The van der Waals surface area contributed by atoms with Gasteiger partial charge in [-0.25, -0.2) is 0 Å². The average Bonchev–Trinajstić information content (AvgIpc) is 3.18. The van der Waals surface area contributed by atoms with Crippen LogP contribution in [0.25, 0.3) is 0 Å². The summed E-state index contributed by atoms with van der Waals surface area (Å²) in [5.41, 5.74) is 0.939. The first kappa shape index (κ1) is 14.7. The highest BCUT2D eigenvalue weighted by molar-refractivity contribution is 7.12. The van der Waals surface area contributed by atoms with E-state index < -0.39 is 6.10 Å². The average molecular weight is 316 g/mol. The number of hydrogen-bond donors (Lipinski definition) is 2. The number of nitrogens with one attached hydrogen (secondary N) is 1. The lowest BCUT2D eigenvalue weighted by atomic mass is 10.1. The second-order valence-corrected chi connectivity index (χ2v) is 6.12. The third-order valence-corrected chi connectivity index (χ3v) is 4.47. The van der Waals surface area contributed by atoms with Gasteiger partial charge in [0.25, 0.3) is 11.8 Å². The second kappa shape index (κ2) is 6.29. The largest absolute Gasteiger partial charge is 0.391 e. The first-order chi connectivity index (χ1) is 10.6. The predicted molar refractivity (Wildman–Crippen MR) is 85.2 cm³/mol. The Morgan fingerprint density at radius 2 is 2.05 bits per heavy atom. The summed E-state index contributed by atoms with van der Waals surface area (Å²) in [6.45, 7) is 0.874. The first-order valence-corrected chi connectivity index (χ1v) is 7.94. The fourth-order valence-electron chi connectivity index (χ4n) is 2.47. The number of carbonyl (C=O) groups is 2. The Kier molecular flexibility index (Phi) is 4.22. The van der Waals surface area contributed by atoms with Crippen LogP contribution in [0.15, 0.2) is 41.8 Å². The first-order valence-electron chi connectivity index (χ1n) is 7.06. The maximum atomic E-state index is 12.5. The molecular formula is C16H16N2O3S. The Balaban J connectivity index is 1.81. The van der Waals surface area contributed by atoms with Crippen molar-refractivity contribution in [2.75, 3.05) is 18.4 Å². The molecule has 0 spiro atoms. The summed E-state index contributed by atoms with van der Waals surface area (Å²) in [5.74, 6) is -0.393. The van der Waals surface area contributed by atoms with E-state index in [-0.39, 0.29) is 11.8 Å². The molecule has 2 N–H and O–H groups in total. The van der Waals surface area contributed by atoms with Gasteiger partial charge in [0, 0.05) is 13.1 Å². The van der Waals surface area contributed by atoms with Gasteiger partial charge in [0.1, 0.15) is 0 Å². The number of thiophene rings is 1. The quantitative estimate of drug-likeness (QED) is 0.912. The van der Waals surface area contributed by atoms with Gasteiger partial charge in [0.2, 0.25) is 0 Å². The van der Waals surface area contributed by atoms with Crippen molar-refractivity contribution < 1.29 is 14.7 Å². The number of likely N-dealkylation sites (tertiary alicyclic amines) is 1. The van der Waals surface area contributed by atoms with E-state index in [9.17, 15) is 14.7 Å². The molecule has 1 aliphatic heterocycles. The van der Waals surface area contributed by atoms with Gasteiger partial charge in [-0.3, -0.25) is 9.59 Å². The standard InChI is InChI=1S/C16H16N2O3S/c19-11-7-8-18(10-11)16(21)12-4-1-2-5-13(12)17-15(20)14-6-3-9-22-14/h1-6,9,11,19H,7-8,10H2,(H,17,20)/t11-/m1/s1. The summed E-state index contributed by atoms with van der Waals surface area (Å²) in [6, 6.07) is 10.5. The molecule has 0 unspecified atom stereocenters. The molecule has 114 valence electrons. The van der Waals surface area contributed by atoms with Crippen molar-refractivity contribution in [3.8, 4) is 0 Å². The highest BCUT2D eigenvalue weighted by atomic mass is 32.1. The van der Waals surface area contributed by atoms with Crippen molar-refractivity contribution in [2.24, 2.45) is 0 Å². The van der Waals surface area contributed by atoms with Crippen molar-refractivity contribution in [1.29, 1.82) is 0 Å². The van der Waals surface area contributed by atoms with E-state index in [0.29, 0.717) is 35.6 Å². The van der Waals surface area contributed by atoms with E-state index in [2.05, 4.69) is 5.32 Å². The molecule has 5 nitrogen and oxygen atoms in total. The van der Waals surface area contributed by atoms with Crippen LogP contribution >= 0.6 is 11.3 Å². The van der Waals surface area contributed by atoms with Crippen LogP contribution in [0.2, 0.25) is 0 Å². The van der Waals surface area contributed by atoms with Crippen LogP contribution in [0.4, 0.5) is 5.69 Å². The minimum Gasteiger partial charge on any atom is -0.391 e. The van der Waals surface area contributed by atoms with E-state index in [0.717, 1.165) is 0 Å². The molecule has 1 atom stereocenters. The Bertz CT molecular complexity index is 684. The molecule has 22 heavy (non-hydrogen) atoms. The van der Waals surface area contributed by atoms with Gasteiger partial charge in [-0.1, -0.05) is 18.2 Å². The molecule has 2 aromatic rings. The number of para-hydroxylation sites is 1. The molecule has 0 bridgehead atoms. The molecule has 0 radical (unpaired) electrons. The minimum absolute atomic E-state index is 0.168. The topological polar surface area (TPSA) is 69.6 Å². The summed E-state index contributed by atoms with van der Waals surface area (Å²) in [6.07, 6.45) is 0.131. The highest BCUT2D eigenvalue weighted by Crippen LogP contribution is 2.21. The lowest BCUT2D eigenvalue weighted by Crippen LogP contribution is -2.30. The maximum absolute atomic E-state index is 12.5. The van der Waals surface area contributed by atoms with Crippen LogP contribution in [-0.2, 0) is 0 Å². The van der Waals surface area contributed by atoms with Crippen LogP contribution in [-0.4, -0.2) is 41.0 Å².